The summed E-state index contributed by atoms with van der Waals surface area (Å²) in [4.78, 5) is 45.8. The Morgan fingerprint density at radius 2 is 1.35 bits per heavy atom. The predicted octanol–water partition coefficient (Wildman–Crippen LogP) is 5.06. The fourth-order valence-electron chi connectivity index (χ4n) is 3.16. The van der Waals surface area contributed by atoms with E-state index in [1.165, 1.54) is 24.3 Å². The van der Waals surface area contributed by atoms with E-state index >= 15 is 0 Å². The molecule has 0 saturated carbocycles. The molecule has 2 aromatic rings. The summed E-state index contributed by atoms with van der Waals surface area (Å²) < 4.78 is 21.3. The van der Waals surface area contributed by atoms with E-state index in [-0.39, 0.29) is 11.3 Å². The fraction of sp³-hybridized carbons (Fsp3) is 0.222. The van der Waals surface area contributed by atoms with Crippen LogP contribution in [0, 0.1) is 10.1 Å². The number of allylic oxidation sites excluding steroid dienone is 4. The zero-order valence-electron chi connectivity index (χ0n) is 19.9. The van der Waals surface area contributed by atoms with Crippen molar-refractivity contribution in [2.45, 2.75) is 25.7 Å². The molecule has 0 radical (unpaired) electrons. The largest absolute Gasteiger partial charge is 0.494 e. The monoisotopic (exact) mass is 507 g/mol. The minimum Gasteiger partial charge on any atom is -0.494 e. The summed E-state index contributed by atoms with van der Waals surface area (Å²) in [5.74, 6) is -0.193. The number of nitro benzene ring substituents is 1. The highest BCUT2D eigenvalue weighted by atomic mass is 16.6. The molecule has 0 spiro atoms. The second-order valence-corrected chi connectivity index (χ2v) is 7.80. The van der Waals surface area contributed by atoms with Crippen LogP contribution in [0.4, 0.5) is 5.69 Å². The third kappa shape index (κ3) is 8.46. The van der Waals surface area contributed by atoms with Crippen molar-refractivity contribution in [2.24, 2.45) is 0 Å². The van der Waals surface area contributed by atoms with Gasteiger partial charge in [-0.2, -0.15) is 0 Å². The van der Waals surface area contributed by atoms with Crippen LogP contribution in [0.1, 0.15) is 46.4 Å². The van der Waals surface area contributed by atoms with Crippen LogP contribution in [0.5, 0.6) is 5.75 Å². The molecule has 0 aromatic heterocycles. The van der Waals surface area contributed by atoms with Crippen molar-refractivity contribution < 1.29 is 38.3 Å². The van der Waals surface area contributed by atoms with Gasteiger partial charge in [-0.25, -0.2) is 14.4 Å². The Morgan fingerprint density at radius 1 is 0.838 bits per heavy atom. The molecule has 0 N–H and O–H groups in total. The number of nitro groups is 1. The van der Waals surface area contributed by atoms with Crippen molar-refractivity contribution in [2.75, 3.05) is 13.2 Å². The number of benzene rings is 2. The third-order valence-electron chi connectivity index (χ3n) is 5.14. The van der Waals surface area contributed by atoms with E-state index in [9.17, 15) is 24.5 Å². The SMILES string of the molecule is C=CC(=O)OCCCCOc1ccc(C(=O)OC2=CC=C(OC(=O)c3ccc([N+](=O)[O-])cc3)CC2)cc1. The molecule has 0 aliphatic heterocycles. The Kier molecular flexibility index (Phi) is 9.72. The molecule has 0 amide bonds. The van der Waals surface area contributed by atoms with Gasteiger partial charge in [0.25, 0.3) is 5.69 Å². The Balaban J connectivity index is 1.43. The highest BCUT2D eigenvalue weighted by Crippen LogP contribution is 2.23. The second-order valence-electron chi connectivity index (χ2n) is 7.80. The summed E-state index contributed by atoms with van der Waals surface area (Å²) in [5, 5.41) is 10.7. The van der Waals surface area contributed by atoms with E-state index in [2.05, 4.69) is 6.58 Å². The number of rotatable bonds is 12. The smallest absolute Gasteiger partial charge is 0.343 e. The predicted molar refractivity (Wildman–Crippen MR) is 132 cm³/mol. The van der Waals surface area contributed by atoms with Gasteiger partial charge in [-0.3, -0.25) is 10.1 Å². The van der Waals surface area contributed by atoms with E-state index in [4.69, 9.17) is 18.9 Å². The average Bonchev–Trinajstić information content (AvgIpc) is 2.91. The first-order valence-corrected chi connectivity index (χ1v) is 11.5. The van der Waals surface area contributed by atoms with Gasteiger partial charge in [-0.1, -0.05) is 6.58 Å². The lowest BCUT2D eigenvalue weighted by atomic mass is 10.1. The number of unbranched alkanes of at least 4 members (excludes halogenated alkanes) is 1. The Bertz CT molecular complexity index is 1210. The molecule has 37 heavy (non-hydrogen) atoms. The van der Waals surface area contributed by atoms with Crippen molar-refractivity contribution in [3.63, 3.8) is 0 Å². The molecule has 0 saturated heterocycles. The Labute approximate surface area is 212 Å². The number of nitrogens with zero attached hydrogens (tertiary/aromatic N) is 1. The lowest BCUT2D eigenvalue weighted by molar-refractivity contribution is -0.384. The highest BCUT2D eigenvalue weighted by molar-refractivity contribution is 5.91. The topological polar surface area (TPSA) is 131 Å². The van der Waals surface area contributed by atoms with Gasteiger partial charge in [0.1, 0.15) is 17.3 Å². The van der Waals surface area contributed by atoms with E-state index in [1.807, 2.05) is 0 Å². The number of ether oxygens (including phenoxy) is 4. The molecule has 192 valence electrons. The number of non-ortho nitro benzene ring substituents is 1. The van der Waals surface area contributed by atoms with Gasteiger partial charge in [0.15, 0.2) is 0 Å². The summed E-state index contributed by atoms with van der Waals surface area (Å²) in [7, 11) is 0. The van der Waals surface area contributed by atoms with Crippen LogP contribution in [0.3, 0.4) is 0 Å². The summed E-state index contributed by atoms with van der Waals surface area (Å²) in [5.41, 5.74) is 0.420. The number of esters is 3. The maximum atomic E-state index is 12.4. The van der Waals surface area contributed by atoms with E-state index < -0.39 is 22.8 Å². The molecular weight excluding hydrogens is 482 g/mol. The normalized spacial score (nSPS) is 12.4. The molecule has 10 heteroatoms. The van der Waals surface area contributed by atoms with Crippen LogP contribution < -0.4 is 4.74 Å². The minimum atomic E-state index is -0.631. The number of hydrogen-bond donors (Lipinski definition) is 0. The zero-order chi connectivity index (χ0) is 26.6. The Hall–Kier alpha value is -4.73. The van der Waals surface area contributed by atoms with Gasteiger partial charge in [0, 0.05) is 31.1 Å². The van der Waals surface area contributed by atoms with Gasteiger partial charge in [-0.05, 0) is 61.4 Å². The summed E-state index contributed by atoms with van der Waals surface area (Å²) in [6.45, 7) is 4.06. The first-order valence-electron chi connectivity index (χ1n) is 11.5. The van der Waals surface area contributed by atoms with Crippen LogP contribution in [-0.2, 0) is 19.0 Å². The molecule has 0 fully saturated rings. The van der Waals surface area contributed by atoms with Gasteiger partial charge in [-0.15, -0.1) is 0 Å². The van der Waals surface area contributed by atoms with Crippen LogP contribution in [-0.4, -0.2) is 36.0 Å². The lowest BCUT2D eigenvalue weighted by Crippen LogP contribution is -2.10. The molecule has 0 bridgehead atoms. The van der Waals surface area contributed by atoms with Crippen LogP contribution in [0.25, 0.3) is 0 Å². The summed E-state index contributed by atoms with van der Waals surface area (Å²) in [6.07, 6.45) is 6.28. The van der Waals surface area contributed by atoms with Crippen LogP contribution >= 0.6 is 0 Å². The average molecular weight is 507 g/mol. The molecule has 1 aliphatic carbocycles. The maximum Gasteiger partial charge on any atom is 0.343 e. The third-order valence-corrected chi connectivity index (χ3v) is 5.14. The van der Waals surface area contributed by atoms with E-state index in [0.717, 1.165) is 6.08 Å². The van der Waals surface area contributed by atoms with E-state index in [1.54, 1.807) is 36.4 Å². The minimum absolute atomic E-state index is 0.120. The fourth-order valence-corrected chi connectivity index (χ4v) is 3.16. The molecule has 10 nitrogen and oxygen atoms in total. The molecule has 0 atom stereocenters. The summed E-state index contributed by atoms with van der Waals surface area (Å²) >= 11 is 0. The first-order chi connectivity index (χ1) is 17.9. The van der Waals surface area contributed by atoms with Crippen LogP contribution in [0.2, 0.25) is 0 Å². The van der Waals surface area contributed by atoms with Crippen molar-refractivity contribution >= 4 is 23.6 Å². The van der Waals surface area contributed by atoms with Gasteiger partial charge < -0.3 is 18.9 Å². The van der Waals surface area contributed by atoms with E-state index in [0.29, 0.717) is 61.7 Å². The highest BCUT2D eigenvalue weighted by Gasteiger charge is 2.17. The standard InChI is InChI=1S/C27H25NO9/c1-2-25(29)35-18-4-3-17-34-22-11-7-20(8-12-22)27(31)37-24-15-13-23(14-16-24)36-26(30)19-5-9-21(10-6-19)28(32)33/h2,5-13,15H,1,3-4,14,16-18H2. The Morgan fingerprint density at radius 3 is 1.84 bits per heavy atom. The molecule has 2 aromatic carbocycles. The second kappa shape index (κ2) is 13.4. The van der Waals surface area contributed by atoms with Gasteiger partial charge >= 0.3 is 17.9 Å². The quantitative estimate of drug-likeness (QED) is 0.0966. The molecular formula is C27H25NO9. The molecule has 1 aliphatic rings. The number of carbonyl (C=O) groups is 3. The lowest BCUT2D eigenvalue weighted by Gasteiger charge is -2.15. The summed E-state index contributed by atoms with van der Waals surface area (Å²) in [6, 6.07) is 11.6. The van der Waals surface area contributed by atoms with Gasteiger partial charge in [0.05, 0.1) is 29.3 Å². The van der Waals surface area contributed by atoms with Crippen molar-refractivity contribution in [3.05, 3.63) is 106 Å². The molecule has 0 heterocycles. The maximum absolute atomic E-state index is 12.4. The number of hydrogen-bond acceptors (Lipinski definition) is 9. The van der Waals surface area contributed by atoms with Crippen molar-refractivity contribution in [1.82, 2.24) is 0 Å². The zero-order valence-corrected chi connectivity index (χ0v) is 19.9. The number of carbonyl (C=O) groups excluding carboxylic acids is 3. The molecule has 0 unspecified atom stereocenters. The first kappa shape index (κ1) is 26.9. The van der Waals surface area contributed by atoms with Gasteiger partial charge in [0.2, 0.25) is 0 Å². The van der Waals surface area contributed by atoms with Crippen molar-refractivity contribution in [3.8, 4) is 5.75 Å². The van der Waals surface area contributed by atoms with Crippen molar-refractivity contribution in [1.29, 1.82) is 0 Å². The molecule has 3 rings (SSSR count). The van der Waals surface area contributed by atoms with Crippen LogP contribution in [0.15, 0.2) is 84.9 Å².